The molecular weight excluding hydrogens is 337 g/mol. The second-order valence-electron chi connectivity index (χ2n) is 5.46. The Morgan fingerprint density at radius 3 is 2.61 bits per heavy atom. The van der Waals surface area contributed by atoms with Crippen molar-refractivity contribution in [1.82, 2.24) is 19.9 Å². The minimum absolute atomic E-state index is 0. The molecule has 1 fully saturated rings. The van der Waals surface area contributed by atoms with E-state index in [1.165, 1.54) is 0 Å². The van der Waals surface area contributed by atoms with Gasteiger partial charge in [0.05, 0.1) is 0 Å². The van der Waals surface area contributed by atoms with Gasteiger partial charge in [0.25, 0.3) is 5.91 Å². The fraction of sp³-hybridized carbons (Fsp3) is 0.400. The van der Waals surface area contributed by atoms with Crippen LogP contribution < -0.4 is 11.1 Å². The first-order chi connectivity index (χ1) is 10.2. The van der Waals surface area contributed by atoms with E-state index in [0.29, 0.717) is 11.4 Å². The Morgan fingerprint density at radius 2 is 1.96 bits per heavy atom. The zero-order valence-electron chi connectivity index (χ0n) is 12.6. The Balaban J connectivity index is 0.00000132. The van der Waals surface area contributed by atoms with Crippen LogP contribution in [0.2, 0.25) is 0 Å². The van der Waals surface area contributed by atoms with Crippen molar-refractivity contribution in [3.63, 3.8) is 0 Å². The van der Waals surface area contributed by atoms with Crippen LogP contribution in [0.1, 0.15) is 36.0 Å². The van der Waals surface area contributed by atoms with Crippen LogP contribution in [0.25, 0.3) is 5.82 Å². The maximum Gasteiger partial charge on any atom is 0.251 e. The van der Waals surface area contributed by atoms with Crippen molar-refractivity contribution in [3.8, 4) is 5.82 Å². The molecule has 2 aromatic rings. The molecule has 2 heterocycles. The number of nitrogens with two attached hydrogens (primary N) is 1. The van der Waals surface area contributed by atoms with Gasteiger partial charge in [-0.15, -0.1) is 24.8 Å². The van der Waals surface area contributed by atoms with Gasteiger partial charge < -0.3 is 11.1 Å². The van der Waals surface area contributed by atoms with Gasteiger partial charge in [0, 0.05) is 36.2 Å². The summed E-state index contributed by atoms with van der Waals surface area (Å²) in [4.78, 5) is 20.6. The molecule has 0 saturated heterocycles. The number of imidazole rings is 1. The Labute approximate surface area is 147 Å². The van der Waals surface area contributed by atoms with Crippen molar-refractivity contribution in [2.45, 2.75) is 37.8 Å². The van der Waals surface area contributed by atoms with Crippen LogP contribution in [0.5, 0.6) is 0 Å². The SMILES string of the molecule is Cl.Cl.NC1CCC(NC(=O)c2ccnc(-n3ccnc3)c2)CC1. The highest BCUT2D eigenvalue weighted by molar-refractivity contribution is 5.94. The number of carbonyl (C=O) groups is 1. The number of hydrogen-bond acceptors (Lipinski definition) is 4. The lowest BCUT2D eigenvalue weighted by Crippen LogP contribution is -2.40. The predicted octanol–water partition coefficient (Wildman–Crippen LogP) is 2.11. The van der Waals surface area contributed by atoms with Crippen molar-refractivity contribution in [2.75, 3.05) is 0 Å². The monoisotopic (exact) mass is 357 g/mol. The van der Waals surface area contributed by atoms with E-state index in [2.05, 4.69) is 15.3 Å². The molecule has 0 aliphatic heterocycles. The van der Waals surface area contributed by atoms with E-state index in [-0.39, 0.29) is 42.8 Å². The predicted molar refractivity (Wildman–Crippen MR) is 93.6 cm³/mol. The van der Waals surface area contributed by atoms with E-state index < -0.39 is 0 Å². The molecule has 0 radical (unpaired) electrons. The van der Waals surface area contributed by atoms with Gasteiger partial charge in [-0.3, -0.25) is 9.36 Å². The number of pyridine rings is 1. The molecule has 8 heteroatoms. The highest BCUT2D eigenvalue weighted by Gasteiger charge is 2.20. The van der Waals surface area contributed by atoms with Gasteiger partial charge in [-0.1, -0.05) is 0 Å². The molecule has 1 aliphatic carbocycles. The molecule has 2 aromatic heterocycles. The normalized spacial score (nSPS) is 20.0. The Bertz CT molecular complexity index is 612. The number of hydrogen-bond donors (Lipinski definition) is 2. The summed E-state index contributed by atoms with van der Waals surface area (Å²) in [5.41, 5.74) is 6.50. The quantitative estimate of drug-likeness (QED) is 0.880. The summed E-state index contributed by atoms with van der Waals surface area (Å²) in [5, 5.41) is 3.08. The summed E-state index contributed by atoms with van der Waals surface area (Å²) in [6.07, 6.45) is 10.6. The maximum atomic E-state index is 12.3. The van der Waals surface area contributed by atoms with Crippen LogP contribution in [0.4, 0.5) is 0 Å². The third-order valence-corrected chi connectivity index (χ3v) is 3.88. The molecule has 3 rings (SSSR count). The second-order valence-corrected chi connectivity index (χ2v) is 5.46. The first-order valence-corrected chi connectivity index (χ1v) is 7.23. The molecular formula is C15H21Cl2N5O. The van der Waals surface area contributed by atoms with Crippen molar-refractivity contribution in [3.05, 3.63) is 42.6 Å². The number of nitrogens with one attached hydrogen (secondary N) is 1. The van der Waals surface area contributed by atoms with E-state index in [0.717, 1.165) is 25.7 Å². The molecule has 0 bridgehead atoms. The van der Waals surface area contributed by atoms with Crippen LogP contribution in [-0.2, 0) is 0 Å². The smallest absolute Gasteiger partial charge is 0.251 e. The van der Waals surface area contributed by atoms with Gasteiger partial charge in [-0.25, -0.2) is 9.97 Å². The summed E-state index contributed by atoms with van der Waals surface area (Å²) < 4.78 is 1.77. The lowest BCUT2D eigenvalue weighted by Gasteiger charge is -2.26. The lowest BCUT2D eigenvalue weighted by molar-refractivity contribution is 0.0925. The van der Waals surface area contributed by atoms with Gasteiger partial charge in [-0.05, 0) is 37.8 Å². The number of rotatable bonds is 3. The Hall–Kier alpha value is -1.63. The van der Waals surface area contributed by atoms with Crippen molar-refractivity contribution in [1.29, 1.82) is 0 Å². The van der Waals surface area contributed by atoms with Crippen LogP contribution in [0.15, 0.2) is 37.1 Å². The minimum atomic E-state index is -0.0563. The maximum absolute atomic E-state index is 12.3. The van der Waals surface area contributed by atoms with E-state index in [4.69, 9.17) is 5.73 Å². The highest BCUT2D eigenvalue weighted by Crippen LogP contribution is 2.17. The molecule has 23 heavy (non-hydrogen) atoms. The molecule has 0 unspecified atom stereocenters. The third-order valence-electron chi connectivity index (χ3n) is 3.88. The van der Waals surface area contributed by atoms with Gasteiger partial charge in [0.15, 0.2) is 0 Å². The summed E-state index contributed by atoms with van der Waals surface area (Å²) in [7, 11) is 0. The number of halogens is 2. The Morgan fingerprint density at radius 1 is 1.22 bits per heavy atom. The number of amides is 1. The van der Waals surface area contributed by atoms with Crippen LogP contribution in [0.3, 0.4) is 0 Å². The fourth-order valence-corrected chi connectivity index (χ4v) is 2.63. The second kappa shape index (κ2) is 8.86. The summed E-state index contributed by atoms with van der Waals surface area (Å²) in [5.74, 6) is 0.630. The summed E-state index contributed by atoms with van der Waals surface area (Å²) in [6.45, 7) is 0. The number of aromatic nitrogens is 3. The Kier molecular flexibility index (Phi) is 7.48. The van der Waals surface area contributed by atoms with Gasteiger partial charge in [0.1, 0.15) is 12.1 Å². The molecule has 0 aromatic carbocycles. The zero-order chi connectivity index (χ0) is 14.7. The van der Waals surface area contributed by atoms with Crippen LogP contribution in [0, 0.1) is 0 Å². The molecule has 0 atom stereocenters. The van der Waals surface area contributed by atoms with Crippen molar-refractivity contribution in [2.24, 2.45) is 5.73 Å². The summed E-state index contributed by atoms with van der Waals surface area (Å²) in [6, 6.07) is 4.00. The van der Waals surface area contributed by atoms with Crippen LogP contribution in [-0.4, -0.2) is 32.5 Å². The third kappa shape index (κ3) is 4.92. The largest absolute Gasteiger partial charge is 0.349 e. The number of nitrogens with zero attached hydrogens (tertiary/aromatic N) is 3. The number of carbonyl (C=O) groups excluding carboxylic acids is 1. The zero-order valence-corrected chi connectivity index (χ0v) is 14.2. The molecule has 3 N–H and O–H groups in total. The van der Waals surface area contributed by atoms with E-state index >= 15 is 0 Å². The van der Waals surface area contributed by atoms with E-state index in [9.17, 15) is 4.79 Å². The molecule has 1 aliphatic rings. The topological polar surface area (TPSA) is 85.8 Å². The molecule has 126 valence electrons. The van der Waals surface area contributed by atoms with E-state index in [1.54, 1.807) is 41.6 Å². The van der Waals surface area contributed by atoms with Crippen molar-refractivity contribution >= 4 is 30.7 Å². The molecule has 1 amide bonds. The molecule has 1 saturated carbocycles. The summed E-state index contributed by atoms with van der Waals surface area (Å²) >= 11 is 0. The minimum Gasteiger partial charge on any atom is -0.349 e. The average molecular weight is 358 g/mol. The highest BCUT2D eigenvalue weighted by atomic mass is 35.5. The standard InChI is InChI=1S/C15H19N5O.2ClH/c16-12-1-3-13(4-2-12)19-15(21)11-5-6-18-14(9-11)20-8-7-17-10-20;;/h5-10,12-13H,1-4,16H2,(H,19,21);2*1H. The fourth-order valence-electron chi connectivity index (χ4n) is 2.63. The molecule has 6 nitrogen and oxygen atoms in total. The first-order valence-electron chi connectivity index (χ1n) is 7.23. The van der Waals surface area contributed by atoms with Gasteiger partial charge in [-0.2, -0.15) is 0 Å². The van der Waals surface area contributed by atoms with Crippen LogP contribution >= 0.6 is 24.8 Å². The molecule has 0 spiro atoms. The van der Waals surface area contributed by atoms with Crippen molar-refractivity contribution < 1.29 is 4.79 Å². The van der Waals surface area contributed by atoms with E-state index in [1.807, 2.05) is 0 Å². The average Bonchev–Trinajstić information content (AvgIpc) is 3.04. The van der Waals surface area contributed by atoms with Gasteiger partial charge in [0.2, 0.25) is 0 Å². The first kappa shape index (κ1) is 19.4. The van der Waals surface area contributed by atoms with Gasteiger partial charge >= 0.3 is 0 Å². The lowest BCUT2D eigenvalue weighted by atomic mass is 9.91.